The van der Waals surface area contributed by atoms with Gasteiger partial charge in [-0.3, -0.25) is 4.79 Å². The van der Waals surface area contributed by atoms with Gasteiger partial charge in [0.1, 0.15) is 0 Å². The lowest BCUT2D eigenvalue weighted by atomic mass is 10.0. The molecule has 2 atom stereocenters. The largest absolute Gasteiger partial charge is 0.394 e. The monoisotopic (exact) mass is 235 g/mol. The molecule has 0 aliphatic heterocycles. The lowest BCUT2D eigenvalue weighted by molar-refractivity contribution is -0.125. The van der Waals surface area contributed by atoms with Gasteiger partial charge in [-0.1, -0.05) is 50.6 Å². The minimum Gasteiger partial charge on any atom is -0.394 e. The summed E-state index contributed by atoms with van der Waals surface area (Å²) in [6, 6.07) is 9.23. The van der Waals surface area contributed by atoms with E-state index in [1.807, 2.05) is 37.3 Å². The van der Waals surface area contributed by atoms with Gasteiger partial charge in [-0.05, 0) is 12.0 Å². The molecular weight excluding hydrogens is 214 g/mol. The molecule has 1 aromatic rings. The number of hydrogen-bond acceptors (Lipinski definition) is 2. The summed E-state index contributed by atoms with van der Waals surface area (Å²) in [6.07, 6.45) is 1.86. The van der Waals surface area contributed by atoms with Crippen molar-refractivity contribution >= 4 is 5.91 Å². The highest BCUT2D eigenvalue weighted by molar-refractivity contribution is 5.78. The molecule has 1 rings (SSSR count). The second kappa shape index (κ2) is 7.07. The van der Waals surface area contributed by atoms with Gasteiger partial charge in [0.25, 0.3) is 0 Å². The maximum Gasteiger partial charge on any atom is 0.223 e. The average Bonchev–Trinajstić information content (AvgIpc) is 2.37. The van der Waals surface area contributed by atoms with Crippen LogP contribution in [-0.2, 0) is 4.79 Å². The molecule has 2 N–H and O–H groups in total. The zero-order chi connectivity index (χ0) is 12.7. The van der Waals surface area contributed by atoms with Crippen LogP contribution < -0.4 is 5.32 Å². The third-order valence-corrected chi connectivity index (χ3v) is 2.87. The van der Waals surface area contributed by atoms with E-state index in [0.29, 0.717) is 0 Å². The number of aliphatic hydroxyl groups is 1. The van der Waals surface area contributed by atoms with Gasteiger partial charge >= 0.3 is 0 Å². The van der Waals surface area contributed by atoms with Gasteiger partial charge in [0.15, 0.2) is 0 Å². The Hall–Kier alpha value is -1.35. The molecule has 3 heteroatoms. The van der Waals surface area contributed by atoms with Crippen LogP contribution in [0.1, 0.15) is 38.3 Å². The molecule has 0 fully saturated rings. The van der Waals surface area contributed by atoms with Crippen molar-refractivity contribution in [2.75, 3.05) is 6.61 Å². The molecule has 2 unspecified atom stereocenters. The zero-order valence-electron chi connectivity index (χ0n) is 10.5. The Morgan fingerprint density at radius 3 is 2.53 bits per heavy atom. The van der Waals surface area contributed by atoms with Crippen molar-refractivity contribution in [2.24, 2.45) is 5.92 Å². The molecule has 0 aliphatic rings. The summed E-state index contributed by atoms with van der Waals surface area (Å²) in [6.45, 7) is 3.90. The molecule has 3 nitrogen and oxygen atoms in total. The molecule has 0 saturated heterocycles. The lowest BCUT2D eigenvalue weighted by Crippen LogP contribution is -2.34. The molecule has 0 aliphatic carbocycles. The highest BCUT2D eigenvalue weighted by atomic mass is 16.3. The van der Waals surface area contributed by atoms with Crippen LogP contribution in [0.2, 0.25) is 0 Å². The molecule has 0 saturated carbocycles. The summed E-state index contributed by atoms with van der Waals surface area (Å²) in [5.41, 5.74) is 0.937. The fourth-order valence-corrected chi connectivity index (χ4v) is 1.80. The van der Waals surface area contributed by atoms with Crippen molar-refractivity contribution in [1.29, 1.82) is 0 Å². The van der Waals surface area contributed by atoms with E-state index < -0.39 is 0 Å². The molecule has 1 amide bonds. The van der Waals surface area contributed by atoms with Crippen molar-refractivity contribution in [3.63, 3.8) is 0 Å². The van der Waals surface area contributed by atoms with Gasteiger partial charge in [-0.25, -0.2) is 0 Å². The summed E-state index contributed by atoms with van der Waals surface area (Å²) >= 11 is 0. The smallest absolute Gasteiger partial charge is 0.223 e. The highest BCUT2D eigenvalue weighted by Crippen LogP contribution is 2.13. The molecule has 0 bridgehead atoms. The number of hydrogen-bond donors (Lipinski definition) is 2. The predicted molar refractivity (Wildman–Crippen MR) is 68.5 cm³/mol. The quantitative estimate of drug-likeness (QED) is 0.794. The highest BCUT2D eigenvalue weighted by Gasteiger charge is 2.17. The van der Waals surface area contributed by atoms with Crippen molar-refractivity contribution in [1.82, 2.24) is 5.32 Å². The number of benzene rings is 1. The van der Waals surface area contributed by atoms with Crippen LogP contribution in [-0.4, -0.2) is 17.6 Å². The summed E-state index contributed by atoms with van der Waals surface area (Å²) in [7, 11) is 0. The number of nitrogens with one attached hydrogen (secondary N) is 1. The van der Waals surface area contributed by atoms with Crippen LogP contribution in [0.25, 0.3) is 0 Å². The van der Waals surface area contributed by atoms with E-state index in [-0.39, 0.29) is 24.5 Å². The fourth-order valence-electron chi connectivity index (χ4n) is 1.80. The molecule has 0 spiro atoms. The third kappa shape index (κ3) is 4.19. The van der Waals surface area contributed by atoms with Crippen LogP contribution in [0.5, 0.6) is 0 Å². The van der Waals surface area contributed by atoms with Crippen LogP contribution >= 0.6 is 0 Å². The number of carbonyl (C=O) groups is 1. The fraction of sp³-hybridized carbons (Fsp3) is 0.500. The Morgan fingerprint density at radius 1 is 1.35 bits per heavy atom. The second-order valence-electron chi connectivity index (χ2n) is 4.34. The van der Waals surface area contributed by atoms with Crippen LogP contribution in [0, 0.1) is 5.92 Å². The van der Waals surface area contributed by atoms with Gasteiger partial charge in [-0.2, -0.15) is 0 Å². The lowest BCUT2D eigenvalue weighted by Gasteiger charge is -2.19. The van der Waals surface area contributed by atoms with Crippen LogP contribution in [0.4, 0.5) is 0 Å². The first kappa shape index (κ1) is 13.7. The molecule has 0 aromatic heterocycles. The first-order chi connectivity index (χ1) is 8.19. The minimum absolute atomic E-state index is 0.00207. The summed E-state index contributed by atoms with van der Waals surface area (Å²) < 4.78 is 0. The van der Waals surface area contributed by atoms with E-state index in [0.717, 1.165) is 18.4 Å². The zero-order valence-corrected chi connectivity index (χ0v) is 10.5. The predicted octanol–water partition coefficient (Wildman–Crippen LogP) is 2.27. The SMILES string of the molecule is CCCC(C)C(=O)NC(CO)c1ccccc1. The molecule has 94 valence electrons. The first-order valence-electron chi connectivity index (χ1n) is 6.15. The first-order valence-corrected chi connectivity index (χ1v) is 6.15. The van der Waals surface area contributed by atoms with E-state index in [4.69, 9.17) is 0 Å². The van der Waals surface area contributed by atoms with Crippen molar-refractivity contribution in [3.05, 3.63) is 35.9 Å². The Bertz CT molecular complexity index is 337. The van der Waals surface area contributed by atoms with E-state index >= 15 is 0 Å². The van der Waals surface area contributed by atoms with Crippen molar-refractivity contribution in [2.45, 2.75) is 32.7 Å². The maximum absolute atomic E-state index is 11.9. The van der Waals surface area contributed by atoms with Gasteiger partial charge in [0.2, 0.25) is 5.91 Å². The maximum atomic E-state index is 11.9. The van der Waals surface area contributed by atoms with Gasteiger partial charge in [0.05, 0.1) is 12.6 Å². The Labute approximate surface area is 103 Å². The van der Waals surface area contributed by atoms with E-state index in [2.05, 4.69) is 12.2 Å². The van der Waals surface area contributed by atoms with Crippen molar-refractivity contribution in [3.8, 4) is 0 Å². The van der Waals surface area contributed by atoms with Gasteiger partial charge in [-0.15, -0.1) is 0 Å². The van der Waals surface area contributed by atoms with Gasteiger partial charge < -0.3 is 10.4 Å². The topological polar surface area (TPSA) is 49.3 Å². The molecule has 1 aromatic carbocycles. The number of carbonyl (C=O) groups excluding carboxylic acids is 1. The molecule has 0 radical (unpaired) electrons. The van der Waals surface area contributed by atoms with Crippen molar-refractivity contribution < 1.29 is 9.90 Å². The minimum atomic E-state index is -0.303. The number of aliphatic hydroxyl groups excluding tert-OH is 1. The molecule has 17 heavy (non-hydrogen) atoms. The Morgan fingerprint density at radius 2 is 2.00 bits per heavy atom. The number of rotatable bonds is 6. The van der Waals surface area contributed by atoms with Crippen LogP contribution in [0.3, 0.4) is 0 Å². The summed E-state index contributed by atoms with van der Waals surface area (Å²) in [4.78, 5) is 11.9. The Kier molecular flexibility index (Phi) is 5.70. The second-order valence-corrected chi connectivity index (χ2v) is 4.34. The summed E-state index contributed by atoms with van der Waals surface area (Å²) in [5, 5.41) is 12.2. The van der Waals surface area contributed by atoms with Crippen LogP contribution in [0.15, 0.2) is 30.3 Å². The standard InChI is InChI=1S/C14H21NO2/c1-3-7-11(2)14(17)15-13(10-16)12-8-5-4-6-9-12/h4-6,8-9,11,13,16H,3,7,10H2,1-2H3,(H,15,17). The normalized spacial score (nSPS) is 14.1. The molecular formula is C14H21NO2. The molecule has 0 heterocycles. The van der Waals surface area contributed by atoms with E-state index in [1.54, 1.807) is 0 Å². The number of amides is 1. The third-order valence-electron chi connectivity index (χ3n) is 2.87. The van der Waals surface area contributed by atoms with E-state index in [1.165, 1.54) is 0 Å². The van der Waals surface area contributed by atoms with Gasteiger partial charge in [0, 0.05) is 5.92 Å². The van der Waals surface area contributed by atoms with E-state index in [9.17, 15) is 9.90 Å². The summed E-state index contributed by atoms with van der Waals surface area (Å²) in [5.74, 6) is 0.00696. The Balaban J connectivity index is 2.62. The average molecular weight is 235 g/mol.